The Morgan fingerprint density at radius 3 is 2.75 bits per heavy atom. The summed E-state index contributed by atoms with van der Waals surface area (Å²) in [6, 6.07) is 9.63. The summed E-state index contributed by atoms with van der Waals surface area (Å²) in [4.78, 5) is 11.2. The van der Waals surface area contributed by atoms with Crippen LogP contribution >= 0.6 is 0 Å². The molecule has 1 N–H and O–H groups in total. The molecule has 0 bridgehead atoms. The van der Waals surface area contributed by atoms with Gasteiger partial charge in [0.15, 0.2) is 0 Å². The van der Waals surface area contributed by atoms with E-state index < -0.39 is 21.9 Å². The standard InChI is InChI=1S/C16H19N3O4S/c20-16(21)14-7-4-8-19(11-14)24(22,23)15-9-17-18(12-15)10-13-5-2-1-3-6-13/h1-3,5-6,9,12,14H,4,7-8,10-11H2,(H,20,21). The Labute approximate surface area is 140 Å². The van der Waals surface area contributed by atoms with Crippen LogP contribution in [-0.2, 0) is 21.4 Å². The Bertz CT molecular complexity index is 817. The number of nitrogens with zero attached hydrogens (tertiary/aromatic N) is 3. The maximum atomic E-state index is 12.7. The van der Waals surface area contributed by atoms with E-state index in [2.05, 4.69) is 5.10 Å². The lowest BCUT2D eigenvalue weighted by molar-refractivity contribution is -0.142. The second-order valence-corrected chi connectivity index (χ2v) is 7.84. The fourth-order valence-corrected chi connectivity index (χ4v) is 4.33. The van der Waals surface area contributed by atoms with E-state index in [1.807, 2.05) is 30.3 Å². The van der Waals surface area contributed by atoms with E-state index in [4.69, 9.17) is 5.11 Å². The van der Waals surface area contributed by atoms with Crippen molar-refractivity contribution in [2.24, 2.45) is 5.92 Å². The lowest BCUT2D eigenvalue weighted by atomic mass is 10.0. The van der Waals surface area contributed by atoms with Crippen LogP contribution in [0, 0.1) is 5.92 Å². The highest BCUT2D eigenvalue weighted by Crippen LogP contribution is 2.23. The molecule has 7 nitrogen and oxygen atoms in total. The molecule has 8 heteroatoms. The normalized spacial score (nSPS) is 19.2. The number of hydrogen-bond donors (Lipinski definition) is 1. The van der Waals surface area contributed by atoms with Crippen molar-refractivity contribution in [2.75, 3.05) is 13.1 Å². The Kier molecular flexibility index (Phi) is 4.68. The van der Waals surface area contributed by atoms with Crippen molar-refractivity contribution in [1.82, 2.24) is 14.1 Å². The molecule has 1 fully saturated rings. The van der Waals surface area contributed by atoms with Crippen molar-refractivity contribution in [1.29, 1.82) is 0 Å². The third-order valence-electron chi connectivity index (χ3n) is 4.17. The van der Waals surface area contributed by atoms with Crippen LogP contribution in [0.1, 0.15) is 18.4 Å². The van der Waals surface area contributed by atoms with Gasteiger partial charge in [-0.05, 0) is 18.4 Å². The minimum Gasteiger partial charge on any atom is -0.481 e. The lowest BCUT2D eigenvalue weighted by Gasteiger charge is -2.29. The Hall–Kier alpha value is -2.19. The predicted octanol–water partition coefficient (Wildman–Crippen LogP) is 1.42. The van der Waals surface area contributed by atoms with Crippen LogP contribution in [0.3, 0.4) is 0 Å². The number of hydrogen-bond acceptors (Lipinski definition) is 4. The first-order valence-corrected chi connectivity index (χ1v) is 9.20. The van der Waals surface area contributed by atoms with Crippen molar-refractivity contribution in [3.8, 4) is 0 Å². The number of sulfonamides is 1. The number of carbonyl (C=O) groups is 1. The van der Waals surface area contributed by atoms with E-state index in [0.29, 0.717) is 25.9 Å². The first-order chi connectivity index (χ1) is 11.5. The Balaban J connectivity index is 1.77. The van der Waals surface area contributed by atoms with Crippen LogP contribution < -0.4 is 0 Å². The van der Waals surface area contributed by atoms with E-state index >= 15 is 0 Å². The number of piperidine rings is 1. The average Bonchev–Trinajstić information content (AvgIpc) is 3.05. The van der Waals surface area contributed by atoms with E-state index in [9.17, 15) is 13.2 Å². The number of benzene rings is 1. The zero-order valence-corrected chi connectivity index (χ0v) is 13.9. The highest BCUT2D eigenvalue weighted by Gasteiger charge is 2.33. The molecule has 0 aliphatic carbocycles. The predicted molar refractivity (Wildman–Crippen MR) is 86.9 cm³/mol. The molecule has 1 saturated heterocycles. The zero-order valence-electron chi connectivity index (χ0n) is 13.1. The molecular weight excluding hydrogens is 330 g/mol. The summed E-state index contributed by atoms with van der Waals surface area (Å²) < 4.78 is 28.2. The number of rotatable bonds is 5. The summed E-state index contributed by atoms with van der Waals surface area (Å²) >= 11 is 0. The van der Waals surface area contributed by atoms with Crippen molar-refractivity contribution < 1.29 is 18.3 Å². The van der Waals surface area contributed by atoms with Crippen molar-refractivity contribution in [3.05, 3.63) is 48.3 Å². The van der Waals surface area contributed by atoms with E-state index in [0.717, 1.165) is 5.56 Å². The van der Waals surface area contributed by atoms with Gasteiger partial charge in [0.2, 0.25) is 10.0 Å². The minimum atomic E-state index is -3.71. The number of carboxylic acids is 1. The molecule has 128 valence electrons. The van der Waals surface area contributed by atoms with Crippen LogP contribution in [0.15, 0.2) is 47.6 Å². The smallest absolute Gasteiger partial charge is 0.307 e. The van der Waals surface area contributed by atoms with Crippen LogP contribution in [0.5, 0.6) is 0 Å². The molecule has 0 radical (unpaired) electrons. The van der Waals surface area contributed by atoms with Crippen LogP contribution in [0.4, 0.5) is 0 Å². The maximum absolute atomic E-state index is 12.7. The summed E-state index contributed by atoms with van der Waals surface area (Å²) in [5, 5.41) is 13.2. The van der Waals surface area contributed by atoms with E-state index in [1.54, 1.807) is 4.68 Å². The molecule has 1 unspecified atom stereocenters. The molecule has 2 aromatic rings. The van der Waals surface area contributed by atoms with Gasteiger partial charge in [0.25, 0.3) is 0 Å². The summed E-state index contributed by atoms with van der Waals surface area (Å²) in [5.74, 6) is -1.59. The largest absolute Gasteiger partial charge is 0.481 e. The van der Waals surface area contributed by atoms with Gasteiger partial charge in [-0.25, -0.2) is 8.42 Å². The van der Waals surface area contributed by atoms with Crippen molar-refractivity contribution >= 4 is 16.0 Å². The maximum Gasteiger partial charge on any atom is 0.307 e. The highest BCUT2D eigenvalue weighted by atomic mass is 32.2. The number of aromatic nitrogens is 2. The van der Waals surface area contributed by atoms with Crippen molar-refractivity contribution in [2.45, 2.75) is 24.3 Å². The summed E-state index contributed by atoms with van der Waals surface area (Å²) in [5.41, 5.74) is 1.02. The molecule has 1 aromatic carbocycles. The van der Waals surface area contributed by atoms with Gasteiger partial charge in [-0.3, -0.25) is 9.48 Å². The van der Waals surface area contributed by atoms with Crippen LogP contribution in [-0.4, -0.2) is 46.7 Å². The quantitative estimate of drug-likeness (QED) is 0.881. The molecule has 1 aliphatic rings. The monoisotopic (exact) mass is 349 g/mol. The second kappa shape index (κ2) is 6.74. The molecule has 0 spiro atoms. The third kappa shape index (κ3) is 3.49. The molecule has 0 amide bonds. The minimum absolute atomic E-state index is 0.0154. The summed E-state index contributed by atoms with van der Waals surface area (Å²) in [6.45, 7) is 0.839. The number of carboxylic acid groups (broad SMARTS) is 1. The van der Waals surface area contributed by atoms with Gasteiger partial charge >= 0.3 is 5.97 Å². The first-order valence-electron chi connectivity index (χ1n) is 7.76. The van der Waals surface area contributed by atoms with Gasteiger partial charge in [-0.2, -0.15) is 9.40 Å². The molecule has 24 heavy (non-hydrogen) atoms. The van der Waals surface area contributed by atoms with Crippen molar-refractivity contribution in [3.63, 3.8) is 0 Å². The Morgan fingerprint density at radius 1 is 1.29 bits per heavy atom. The lowest BCUT2D eigenvalue weighted by Crippen LogP contribution is -2.42. The fraction of sp³-hybridized carbons (Fsp3) is 0.375. The van der Waals surface area contributed by atoms with Gasteiger partial charge < -0.3 is 5.11 Å². The van der Waals surface area contributed by atoms with Gasteiger partial charge in [0.05, 0.1) is 18.7 Å². The van der Waals surface area contributed by atoms with Gasteiger partial charge in [-0.15, -0.1) is 0 Å². The topological polar surface area (TPSA) is 92.5 Å². The molecule has 1 aromatic heterocycles. The zero-order chi connectivity index (χ0) is 17.2. The van der Waals surface area contributed by atoms with E-state index in [1.165, 1.54) is 16.7 Å². The summed E-state index contributed by atoms with van der Waals surface area (Å²) in [7, 11) is -3.71. The van der Waals surface area contributed by atoms with Gasteiger partial charge in [0.1, 0.15) is 4.90 Å². The average molecular weight is 349 g/mol. The molecule has 1 aliphatic heterocycles. The second-order valence-electron chi connectivity index (χ2n) is 5.90. The molecule has 1 atom stereocenters. The Morgan fingerprint density at radius 2 is 2.04 bits per heavy atom. The molecular formula is C16H19N3O4S. The summed E-state index contributed by atoms with van der Waals surface area (Å²) in [6.07, 6.45) is 3.87. The number of aliphatic carboxylic acids is 1. The van der Waals surface area contributed by atoms with Gasteiger partial charge in [0, 0.05) is 19.3 Å². The van der Waals surface area contributed by atoms with Gasteiger partial charge in [-0.1, -0.05) is 30.3 Å². The first kappa shape index (κ1) is 16.7. The van der Waals surface area contributed by atoms with Crippen LogP contribution in [0.2, 0.25) is 0 Å². The fourth-order valence-electron chi connectivity index (χ4n) is 2.85. The van der Waals surface area contributed by atoms with Crippen LogP contribution in [0.25, 0.3) is 0 Å². The molecule has 3 rings (SSSR count). The SMILES string of the molecule is O=C(O)C1CCCN(S(=O)(=O)c2cnn(Cc3ccccc3)c2)C1. The third-order valence-corrected chi connectivity index (χ3v) is 5.99. The molecule has 0 saturated carbocycles. The highest BCUT2D eigenvalue weighted by molar-refractivity contribution is 7.89. The molecule has 2 heterocycles. The van der Waals surface area contributed by atoms with E-state index in [-0.39, 0.29) is 11.4 Å².